The van der Waals surface area contributed by atoms with E-state index in [2.05, 4.69) is 20.8 Å². The number of fused-ring (bicyclic) bond motifs is 9. The van der Waals surface area contributed by atoms with Crippen LogP contribution >= 0.6 is 0 Å². The fraction of sp³-hybridized carbons (Fsp3) is 0.913. The number of carbonyl (C=O) groups excluding carboxylic acids is 2. The van der Waals surface area contributed by atoms with Crippen molar-refractivity contribution in [2.75, 3.05) is 13.4 Å². The topological polar surface area (TPSA) is 61.8 Å². The number of rotatable bonds is 7. The Kier molecular flexibility index (Phi) is 5.49. The molecule has 4 fully saturated rings. The van der Waals surface area contributed by atoms with Crippen LogP contribution in [0.2, 0.25) is 0 Å². The van der Waals surface area contributed by atoms with Crippen molar-refractivity contribution in [1.29, 1.82) is 0 Å². The van der Waals surface area contributed by atoms with E-state index in [1.54, 1.807) is 0 Å². The van der Waals surface area contributed by atoms with E-state index in [9.17, 15) is 9.59 Å². The van der Waals surface area contributed by atoms with Gasteiger partial charge in [-0.25, -0.2) is 0 Å². The van der Waals surface area contributed by atoms with Crippen LogP contribution in [0.5, 0.6) is 0 Å². The normalized spacial score (nSPS) is 40.6. The van der Waals surface area contributed by atoms with E-state index in [-0.39, 0.29) is 36.2 Å². The van der Waals surface area contributed by atoms with Gasteiger partial charge < -0.3 is 14.2 Å². The number of hydrogen-bond donors (Lipinski definition) is 0. The van der Waals surface area contributed by atoms with Crippen molar-refractivity contribution in [3.05, 3.63) is 0 Å². The van der Waals surface area contributed by atoms with Crippen molar-refractivity contribution >= 4 is 11.9 Å². The van der Waals surface area contributed by atoms with E-state index in [0.717, 1.165) is 31.6 Å². The molecule has 4 bridgehead atoms. The molecule has 5 nitrogen and oxygen atoms in total. The summed E-state index contributed by atoms with van der Waals surface area (Å²) < 4.78 is 16.5. The maximum atomic E-state index is 12.6. The second-order valence-corrected chi connectivity index (χ2v) is 10.7. The smallest absolute Gasteiger partial charge is 0.311 e. The van der Waals surface area contributed by atoms with Crippen molar-refractivity contribution in [2.24, 2.45) is 46.8 Å². The molecule has 8 unspecified atom stereocenters. The third kappa shape index (κ3) is 3.71. The van der Waals surface area contributed by atoms with Gasteiger partial charge in [0.1, 0.15) is 6.10 Å². The third-order valence-corrected chi connectivity index (χ3v) is 7.91. The molecule has 4 saturated carbocycles. The molecule has 28 heavy (non-hydrogen) atoms. The van der Waals surface area contributed by atoms with Gasteiger partial charge in [-0.2, -0.15) is 0 Å². The molecule has 158 valence electrons. The highest BCUT2D eigenvalue weighted by Gasteiger charge is 2.66. The first-order valence-electron chi connectivity index (χ1n) is 11.2. The summed E-state index contributed by atoms with van der Waals surface area (Å²) in [5, 5.41) is 0. The zero-order chi connectivity index (χ0) is 20.1. The van der Waals surface area contributed by atoms with Crippen LogP contribution in [0.3, 0.4) is 0 Å². The lowest BCUT2D eigenvalue weighted by atomic mass is 9.67. The molecule has 0 spiro atoms. The number of ether oxygens (including phenoxy) is 3. The molecular weight excluding hydrogens is 356 g/mol. The minimum absolute atomic E-state index is 0.0169. The van der Waals surface area contributed by atoms with E-state index in [1.807, 2.05) is 6.92 Å². The Morgan fingerprint density at radius 3 is 2.39 bits per heavy atom. The largest absolute Gasteiger partial charge is 0.462 e. The highest BCUT2D eigenvalue weighted by molar-refractivity contribution is 5.73. The van der Waals surface area contributed by atoms with Gasteiger partial charge in [-0.15, -0.1) is 0 Å². The Morgan fingerprint density at radius 1 is 0.964 bits per heavy atom. The monoisotopic (exact) mass is 392 g/mol. The van der Waals surface area contributed by atoms with Crippen LogP contribution in [0.15, 0.2) is 0 Å². The Bertz CT molecular complexity index is 609. The highest BCUT2D eigenvalue weighted by atomic mass is 16.7. The standard InChI is InChI=1S/C23H36O5/c1-5-26-12-27-22(25)16-9-13-8-15(16)21-17-10-14(20(13)21)11-18(17)28-19(24)6-7-23(2,3)4/h13-18,20-21H,5-12H2,1-4H3. The van der Waals surface area contributed by atoms with Gasteiger partial charge in [0.2, 0.25) is 0 Å². The minimum Gasteiger partial charge on any atom is -0.462 e. The highest BCUT2D eigenvalue weighted by Crippen LogP contribution is 2.69. The van der Waals surface area contributed by atoms with E-state index < -0.39 is 0 Å². The minimum atomic E-state index is -0.0825. The first kappa shape index (κ1) is 20.2. The third-order valence-electron chi connectivity index (χ3n) is 7.91. The molecule has 0 radical (unpaired) electrons. The first-order valence-corrected chi connectivity index (χ1v) is 11.2. The second-order valence-electron chi connectivity index (χ2n) is 10.7. The predicted molar refractivity (Wildman–Crippen MR) is 104 cm³/mol. The van der Waals surface area contributed by atoms with Gasteiger partial charge in [0.25, 0.3) is 0 Å². The van der Waals surface area contributed by atoms with E-state index in [0.29, 0.717) is 42.6 Å². The SMILES string of the molecule is CCOCOC(=O)C1CC2CC1C1C3CC(CC3OC(=O)CCC(C)(C)C)C21. The molecule has 5 heteroatoms. The van der Waals surface area contributed by atoms with Gasteiger partial charge in [-0.1, -0.05) is 20.8 Å². The molecule has 0 aromatic heterocycles. The zero-order valence-corrected chi connectivity index (χ0v) is 17.8. The number of esters is 2. The van der Waals surface area contributed by atoms with Crippen molar-refractivity contribution in [3.8, 4) is 0 Å². The van der Waals surface area contributed by atoms with Gasteiger partial charge in [-0.05, 0) is 80.0 Å². The van der Waals surface area contributed by atoms with Crippen LogP contribution in [0.1, 0.15) is 66.2 Å². The van der Waals surface area contributed by atoms with E-state index in [4.69, 9.17) is 14.2 Å². The molecule has 0 saturated heterocycles. The lowest BCUT2D eigenvalue weighted by Gasteiger charge is -2.40. The van der Waals surface area contributed by atoms with Crippen LogP contribution in [-0.2, 0) is 23.8 Å². The summed E-state index contributed by atoms with van der Waals surface area (Å²) in [6.07, 6.45) is 5.78. The second kappa shape index (κ2) is 7.62. The van der Waals surface area contributed by atoms with Gasteiger partial charge in [0.15, 0.2) is 6.79 Å². The van der Waals surface area contributed by atoms with Crippen molar-refractivity contribution in [2.45, 2.75) is 72.3 Å². The molecule has 4 aliphatic rings. The summed E-state index contributed by atoms with van der Waals surface area (Å²) in [6.45, 7) is 8.99. The van der Waals surface area contributed by atoms with Crippen molar-refractivity contribution in [1.82, 2.24) is 0 Å². The molecule has 8 atom stereocenters. The summed E-state index contributed by atoms with van der Waals surface area (Å²) in [7, 11) is 0. The quantitative estimate of drug-likeness (QED) is 0.281. The van der Waals surface area contributed by atoms with Gasteiger partial charge in [-0.3, -0.25) is 9.59 Å². The van der Waals surface area contributed by atoms with Crippen LogP contribution in [-0.4, -0.2) is 31.4 Å². The van der Waals surface area contributed by atoms with Crippen LogP contribution in [0.4, 0.5) is 0 Å². The average Bonchev–Trinajstić information content (AvgIpc) is 3.37. The lowest BCUT2D eigenvalue weighted by Crippen LogP contribution is -2.41. The fourth-order valence-corrected chi connectivity index (χ4v) is 6.94. The number of hydrogen-bond acceptors (Lipinski definition) is 5. The molecule has 4 aliphatic carbocycles. The molecule has 0 aromatic carbocycles. The van der Waals surface area contributed by atoms with E-state index >= 15 is 0 Å². The Labute approximate surface area is 168 Å². The molecule has 0 aromatic rings. The summed E-state index contributed by atoms with van der Waals surface area (Å²) >= 11 is 0. The predicted octanol–water partition coefficient (Wildman–Crippen LogP) is 4.19. The molecular formula is C23H36O5. The van der Waals surface area contributed by atoms with Gasteiger partial charge >= 0.3 is 11.9 Å². The molecule has 0 aliphatic heterocycles. The summed E-state index contributed by atoms with van der Waals surface area (Å²) in [4.78, 5) is 24.9. The maximum absolute atomic E-state index is 12.6. The molecule has 0 heterocycles. The van der Waals surface area contributed by atoms with Crippen LogP contribution < -0.4 is 0 Å². The summed E-state index contributed by atoms with van der Waals surface area (Å²) in [5.74, 6) is 3.39. The Balaban J connectivity index is 1.35. The van der Waals surface area contributed by atoms with Gasteiger partial charge in [0.05, 0.1) is 5.92 Å². The molecule has 0 N–H and O–H groups in total. The number of carbonyl (C=O) groups is 2. The van der Waals surface area contributed by atoms with Crippen molar-refractivity contribution in [3.63, 3.8) is 0 Å². The van der Waals surface area contributed by atoms with Crippen LogP contribution in [0, 0.1) is 46.8 Å². The lowest BCUT2D eigenvalue weighted by molar-refractivity contribution is -0.166. The summed E-state index contributed by atoms with van der Waals surface area (Å²) in [5.41, 5.74) is 0.151. The Hall–Kier alpha value is -1.10. The molecule has 4 rings (SSSR count). The van der Waals surface area contributed by atoms with Crippen LogP contribution in [0.25, 0.3) is 0 Å². The first-order chi connectivity index (χ1) is 13.3. The maximum Gasteiger partial charge on any atom is 0.311 e. The fourth-order valence-electron chi connectivity index (χ4n) is 6.94. The van der Waals surface area contributed by atoms with Crippen molar-refractivity contribution < 1.29 is 23.8 Å². The van der Waals surface area contributed by atoms with Gasteiger partial charge in [0, 0.05) is 13.0 Å². The van der Waals surface area contributed by atoms with E-state index in [1.165, 1.54) is 6.42 Å². The zero-order valence-electron chi connectivity index (χ0n) is 17.8. The summed E-state index contributed by atoms with van der Waals surface area (Å²) in [6, 6.07) is 0. The average molecular weight is 393 g/mol. The molecule has 0 amide bonds. The Morgan fingerprint density at radius 2 is 1.68 bits per heavy atom.